The van der Waals surface area contributed by atoms with Crippen LogP contribution in [-0.2, 0) is 16.4 Å². The van der Waals surface area contributed by atoms with Crippen LogP contribution < -0.4 is 5.32 Å². The third-order valence-electron chi connectivity index (χ3n) is 4.90. The zero-order valence-electron chi connectivity index (χ0n) is 15.0. The summed E-state index contributed by atoms with van der Waals surface area (Å²) in [5.74, 6) is 0.500. The van der Waals surface area contributed by atoms with E-state index in [0.29, 0.717) is 19.0 Å². The Bertz CT molecular complexity index is 828. The van der Waals surface area contributed by atoms with Gasteiger partial charge in [0.05, 0.1) is 11.8 Å². The van der Waals surface area contributed by atoms with E-state index in [0.717, 1.165) is 54.5 Å². The molecule has 3 rings (SSSR count). The Morgan fingerprint density at radius 1 is 1.24 bits per heavy atom. The van der Waals surface area contributed by atoms with Gasteiger partial charge in [-0.15, -0.1) is 0 Å². The van der Waals surface area contributed by atoms with Crippen LogP contribution in [0.1, 0.15) is 31.9 Å². The van der Waals surface area contributed by atoms with Crippen LogP contribution in [-0.4, -0.2) is 43.6 Å². The van der Waals surface area contributed by atoms with Gasteiger partial charge in [-0.25, -0.2) is 12.7 Å². The molecule has 1 fully saturated rings. The SMILES string of the molecule is CCCc1cc(NCC2CCN(S(C)(=O)=O)CC2)c2ccccc2n1. The second-order valence-corrected chi connectivity index (χ2v) is 8.90. The van der Waals surface area contributed by atoms with E-state index in [1.54, 1.807) is 4.31 Å². The molecule has 1 aromatic carbocycles. The van der Waals surface area contributed by atoms with E-state index >= 15 is 0 Å². The molecule has 1 N–H and O–H groups in total. The predicted octanol–water partition coefficient (Wildman–Crippen LogP) is 3.27. The number of benzene rings is 1. The van der Waals surface area contributed by atoms with Crippen molar-refractivity contribution in [3.8, 4) is 0 Å². The van der Waals surface area contributed by atoms with Crippen molar-refractivity contribution in [3.05, 3.63) is 36.0 Å². The molecule has 6 heteroatoms. The number of hydrogen-bond acceptors (Lipinski definition) is 4. The highest BCUT2D eigenvalue weighted by atomic mass is 32.2. The Morgan fingerprint density at radius 3 is 2.64 bits per heavy atom. The van der Waals surface area contributed by atoms with Gasteiger partial charge < -0.3 is 5.32 Å². The molecule has 0 saturated carbocycles. The number of aromatic nitrogens is 1. The van der Waals surface area contributed by atoms with Gasteiger partial charge in [0.2, 0.25) is 10.0 Å². The van der Waals surface area contributed by atoms with Gasteiger partial charge in [-0.2, -0.15) is 0 Å². The van der Waals surface area contributed by atoms with Crippen molar-refractivity contribution in [3.63, 3.8) is 0 Å². The number of sulfonamides is 1. The van der Waals surface area contributed by atoms with E-state index in [9.17, 15) is 8.42 Å². The van der Waals surface area contributed by atoms with Crippen molar-refractivity contribution < 1.29 is 8.42 Å². The van der Waals surface area contributed by atoms with Crippen molar-refractivity contribution in [2.45, 2.75) is 32.6 Å². The first kappa shape index (κ1) is 18.1. The fraction of sp³-hybridized carbons (Fsp3) is 0.526. The Balaban J connectivity index is 1.69. The lowest BCUT2D eigenvalue weighted by Crippen LogP contribution is -2.39. The molecular formula is C19H27N3O2S. The summed E-state index contributed by atoms with van der Waals surface area (Å²) < 4.78 is 24.8. The van der Waals surface area contributed by atoms with Crippen molar-refractivity contribution in [1.29, 1.82) is 0 Å². The molecule has 5 nitrogen and oxygen atoms in total. The lowest BCUT2D eigenvalue weighted by molar-refractivity contribution is 0.283. The van der Waals surface area contributed by atoms with Gasteiger partial charge in [0, 0.05) is 36.4 Å². The van der Waals surface area contributed by atoms with E-state index in [2.05, 4.69) is 30.4 Å². The number of nitrogens with one attached hydrogen (secondary N) is 1. The second-order valence-electron chi connectivity index (χ2n) is 6.91. The van der Waals surface area contributed by atoms with Gasteiger partial charge in [0.25, 0.3) is 0 Å². The van der Waals surface area contributed by atoms with E-state index in [-0.39, 0.29) is 0 Å². The Hall–Kier alpha value is -1.66. The zero-order chi connectivity index (χ0) is 17.9. The number of fused-ring (bicyclic) bond motifs is 1. The standard InChI is InChI=1S/C19H27N3O2S/c1-3-6-16-13-19(17-7-4-5-8-18(17)21-16)20-14-15-9-11-22(12-10-15)25(2,23)24/h4-5,7-8,13,15H,3,6,9-12,14H2,1-2H3,(H,20,21). The summed E-state index contributed by atoms with van der Waals surface area (Å²) in [6, 6.07) is 10.4. The summed E-state index contributed by atoms with van der Waals surface area (Å²) in [6.45, 7) is 4.30. The van der Waals surface area contributed by atoms with Gasteiger partial charge in [0.1, 0.15) is 0 Å². The normalized spacial score (nSPS) is 17.0. The van der Waals surface area contributed by atoms with Crippen LogP contribution in [0.4, 0.5) is 5.69 Å². The number of hydrogen-bond donors (Lipinski definition) is 1. The summed E-state index contributed by atoms with van der Waals surface area (Å²) in [5.41, 5.74) is 3.29. The number of pyridine rings is 1. The van der Waals surface area contributed by atoms with Crippen LogP contribution in [0, 0.1) is 5.92 Å². The fourth-order valence-corrected chi connectivity index (χ4v) is 4.33. The Kier molecular flexibility index (Phi) is 5.59. The summed E-state index contributed by atoms with van der Waals surface area (Å²) >= 11 is 0. The zero-order valence-corrected chi connectivity index (χ0v) is 15.8. The molecule has 1 aliphatic heterocycles. The maximum Gasteiger partial charge on any atom is 0.211 e. The molecule has 2 heterocycles. The third kappa shape index (κ3) is 4.50. The third-order valence-corrected chi connectivity index (χ3v) is 6.20. The highest BCUT2D eigenvalue weighted by Gasteiger charge is 2.24. The number of para-hydroxylation sites is 1. The molecule has 0 atom stereocenters. The maximum atomic E-state index is 11.6. The monoisotopic (exact) mass is 361 g/mol. The Labute approximate surface area is 150 Å². The highest BCUT2D eigenvalue weighted by Crippen LogP contribution is 2.25. The largest absolute Gasteiger partial charge is 0.384 e. The predicted molar refractivity (Wildman–Crippen MR) is 103 cm³/mol. The number of aryl methyl sites for hydroxylation is 1. The molecule has 0 spiro atoms. The first-order chi connectivity index (χ1) is 12.0. The number of anilines is 1. The minimum atomic E-state index is -3.05. The summed E-state index contributed by atoms with van der Waals surface area (Å²) in [7, 11) is -3.05. The molecule has 0 bridgehead atoms. The van der Waals surface area contributed by atoms with Crippen LogP contribution in [0.15, 0.2) is 30.3 Å². The van der Waals surface area contributed by atoms with Crippen molar-refractivity contribution in [2.24, 2.45) is 5.92 Å². The summed E-state index contributed by atoms with van der Waals surface area (Å²) in [5, 5.41) is 4.75. The molecule has 2 aromatic rings. The summed E-state index contributed by atoms with van der Waals surface area (Å²) in [6.07, 6.45) is 5.17. The fourth-order valence-electron chi connectivity index (χ4n) is 3.46. The van der Waals surface area contributed by atoms with Crippen LogP contribution in [0.25, 0.3) is 10.9 Å². The molecule has 136 valence electrons. The average molecular weight is 362 g/mol. The molecule has 0 radical (unpaired) electrons. The lowest BCUT2D eigenvalue weighted by atomic mass is 9.98. The minimum Gasteiger partial charge on any atom is -0.384 e. The Morgan fingerprint density at radius 2 is 1.96 bits per heavy atom. The van der Waals surface area contributed by atoms with Gasteiger partial charge in [-0.3, -0.25) is 4.98 Å². The topological polar surface area (TPSA) is 62.3 Å². The molecule has 25 heavy (non-hydrogen) atoms. The maximum absolute atomic E-state index is 11.6. The van der Waals surface area contributed by atoms with Crippen LogP contribution in [0.3, 0.4) is 0 Å². The molecule has 1 saturated heterocycles. The minimum absolute atomic E-state index is 0.500. The first-order valence-corrected chi connectivity index (χ1v) is 10.9. The first-order valence-electron chi connectivity index (χ1n) is 9.05. The van der Waals surface area contributed by atoms with Crippen molar-refractivity contribution in [1.82, 2.24) is 9.29 Å². The van der Waals surface area contributed by atoms with Crippen molar-refractivity contribution in [2.75, 3.05) is 31.2 Å². The number of rotatable bonds is 6. The smallest absolute Gasteiger partial charge is 0.211 e. The molecular weight excluding hydrogens is 334 g/mol. The second kappa shape index (κ2) is 7.70. The van der Waals surface area contributed by atoms with Gasteiger partial charge in [-0.05, 0) is 37.3 Å². The van der Waals surface area contributed by atoms with Gasteiger partial charge in [-0.1, -0.05) is 31.5 Å². The van der Waals surface area contributed by atoms with E-state index in [1.165, 1.54) is 6.26 Å². The average Bonchev–Trinajstić information content (AvgIpc) is 2.59. The van der Waals surface area contributed by atoms with Gasteiger partial charge >= 0.3 is 0 Å². The van der Waals surface area contributed by atoms with E-state index in [1.807, 2.05) is 12.1 Å². The molecule has 1 aliphatic rings. The van der Waals surface area contributed by atoms with E-state index < -0.39 is 10.0 Å². The molecule has 0 amide bonds. The van der Waals surface area contributed by atoms with E-state index in [4.69, 9.17) is 4.98 Å². The number of nitrogens with zero attached hydrogens (tertiary/aromatic N) is 2. The van der Waals surface area contributed by atoms with Crippen LogP contribution in [0.5, 0.6) is 0 Å². The number of piperidine rings is 1. The quantitative estimate of drug-likeness (QED) is 0.858. The lowest BCUT2D eigenvalue weighted by Gasteiger charge is -2.30. The van der Waals surface area contributed by atoms with Crippen LogP contribution in [0.2, 0.25) is 0 Å². The molecule has 0 unspecified atom stereocenters. The van der Waals surface area contributed by atoms with Crippen molar-refractivity contribution >= 4 is 26.6 Å². The summed E-state index contributed by atoms with van der Waals surface area (Å²) in [4.78, 5) is 4.74. The molecule has 1 aromatic heterocycles. The van der Waals surface area contributed by atoms with Gasteiger partial charge in [0.15, 0.2) is 0 Å². The highest BCUT2D eigenvalue weighted by molar-refractivity contribution is 7.88. The van der Waals surface area contributed by atoms with Crippen LogP contribution >= 0.6 is 0 Å². The molecule has 0 aliphatic carbocycles.